The zero-order valence-corrected chi connectivity index (χ0v) is 14.1. The van der Waals surface area contributed by atoms with Gasteiger partial charge in [0.1, 0.15) is 5.82 Å². The Hall–Kier alpha value is -1.76. The molecule has 4 nitrogen and oxygen atoms in total. The van der Waals surface area contributed by atoms with E-state index in [1.54, 1.807) is 28.8 Å². The van der Waals surface area contributed by atoms with Crippen LogP contribution in [-0.4, -0.2) is 29.0 Å². The molecule has 1 unspecified atom stereocenters. The van der Waals surface area contributed by atoms with E-state index in [0.717, 1.165) is 42.9 Å². The molecule has 0 aliphatic carbocycles. The molecule has 24 heavy (non-hydrogen) atoms. The minimum atomic E-state index is -0.545. The summed E-state index contributed by atoms with van der Waals surface area (Å²) in [7, 11) is 0. The summed E-state index contributed by atoms with van der Waals surface area (Å²) in [5.74, 6) is -0.484. The molecule has 2 heterocycles. The minimum Gasteiger partial charge on any atom is -0.388 e. The van der Waals surface area contributed by atoms with E-state index in [2.05, 4.69) is 4.90 Å². The van der Waals surface area contributed by atoms with Gasteiger partial charge in [-0.15, -0.1) is 11.3 Å². The van der Waals surface area contributed by atoms with Gasteiger partial charge in [0.2, 0.25) is 5.91 Å². The predicted octanol–water partition coefficient (Wildman–Crippen LogP) is 2.93. The van der Waals surface area contributed by atoms with Gasteiger partial charge in [0.25, 0.3) is 0 Å². The Bertz CT molecular complexity index is 693. The zero-order valence-electron chi connectivity index (χ0n) is 13.3. The molecule has 3 rings (SSSR count). The molecular weight excluding hydrogens is 327 g/mol. The van der Waals surface area contributed by atoms with Crippen LogP contribution in [0.2, 0.25) is 0 Å². The van der Waals surface area contributed by atoms with E-state index in [1.807, 2.05) is 6.07 Å². The second kappa shape index (κ2) is 7.42. The van der Waals surface area contributed by atoms with Gasteiger partial charge >= 0.3 is 0 Å². The fourth-order valence-corrected chi connectivity index (χ4v) is 4.09. The maximum Gasteiger partial charge on any atom is 0.249 e. The van der Waals surface area contributed by atoms with Gasteiger partial charge in [-0.05, 0) is 55.6 Å². The number of aliphatic hydroxyl groups excluding tert-OH is 1. The smallest absolute Gasteiger partial charge is 0.249 e. The monoisotopic (exact) mass is 348 g/mol. The number of primary amides is 1. The molecule has 1 aromatic heterocycles. The molecule has 1 fully saturated rings. The van der Waals surface area contributed by atoms with Crippen LogP contribution in [0.1, 0.15) is 39.7 Å². The Morgan fingerprint density at radius 3 is 2.58 bits per heavy atom. The molecule has 1 saturated heterocycles. The van der Waals surface area contributed by atoms with Gasteiger partial charge in [-0.3, -0.25) is 9.69 Å². The van der Waals surface area contributed by atoms with E-state index in [4.69, 9.17) is 5.73 Å². The first-order valence-electron chi connectivity index (χ1n) is 8.06. The lowest BCUT2D eigenvalue weighted by molar-refractivity contribution is 0.0570. The topological polar surface area (TPSA) is 66.6 Å². The van der Waals surface area contributed by atoms with Crippen LogP contribution in [0.3, 0.4) is 0 Å². The molecule has 0 radical (unpaired) electrons. The first-order valence-corrected chi connectivity index (χ1v) is 8.94. The van der Waals surface area contributed by atoms with Gasteiger partial charge in [0.15, 0.2) is 0 Å². The van der Waals surface area contributed by atoms with Crippen molar-refractivity contribution in [2.24, 2.45) is 11.7 Å². The highest BCUT2D eigenvalue weighted by Gasteiger charge is 2.26. The van der Waals surface area contributed by atoms with Crippen LogP contribution in [0.25, 0.3) is 0 Å². The van der Waals surface area contributed by atoms with Crippen LogP contribution in [-0.2, 0) is 6.54 Å². The Morgan fingerprint density at radius 1 is 1.33 bits per heavy atom. The molecular formula is C18H21FN2O2S. The van der Waals surface area contributed by atoms with Gasteiger partial charge in [0, 0.05) is 16.8 Å². The molecule has 1 aliphatic heterocycles. The standard InChI is InChI=1S/C18H21FN2O2S/c19-15-3-1-12(2-4-15)17(22)13-5-7-21(8-6-13)10-16-9-14(11-24-16)18(20)23/h1-4,9,11,13,17,22H,5-8,10H2,(H2,20,23). The first-order chi connectivity index (χ1) is 11.5. The summed E-state index contributed by atoms with van der Waals surface area (Å²) < 4.78 is 13.0. The zero-order chi connectivity index (χ0) is 17.1. The number of hydrogen-bond donors (Lipinski definition) is 2. The summed E-state index contributed by atoms with van der Waals surface area (Å²) >= 11 is 1.55. The number of hydrogen-bond acceptors (Lipinski definition) is 4. The molecule has 0 spiro atoms. The van der Waals surface area contributed by atoms with Gasteiger partial charge in [0.05, 0.1) is 11.7 Å². The fraction of sp³-hybridized carbons (Fsp3) is 0.389. The number of rotatable bonds is 5. The molecule has 128 valence electrons. The van der Waals surface area contributed by atoms with Crippen LogP contribution in [0.5, 0.6) is 0 Å². The summed E-state index contributed by atoms with van der Waals surface area (Å²) in [6.45, 7) is 2.59. The second-order valence-electron chi connectivity index (χ2n) is 6.28. The quantitative estimate of drug-likeness (QED) is 0.873. The largest absolute Gasteiger partial charge is 0.388 e. The van der Waals surface area contributed by atoms with Crippen LogP contribution >= 0.6 is 11.3 Å². The van der Waals surface area contributed by atoms with E-state index >= 15 is 0 Å². The summed E-state index contributed by atoms with van der Waals surface area (Å²) in [6.07, 6.45) is 1.25. The fourth-order valence-electron chi connectivity index (χ4n) is 3.17. The van der Waals surface area contributed by atoms with Gasteiger partial charge in [-0.1, -0.05) is 12.1 Å². The maximum absolute atomic E-state index is 13.0. The van der Waals surface area contributed by atoms with Crippen molar-refractivity contribution < 1.29 is 14.3 Å². The average Bonchev–Trinajstić information content (AvgIpc) is 3.04. The number of carbonyl (C=O) groups excluding carboxylic acids is 1. The summed E-state index contributed by atoms with van der Waals surface area (Å²) in [5.41, 5.74) is 6.62. The average molecular weight is 348 g/mol. The van der Waals surface area contributed by atoms with E-state index in [1.165, 1.54) is 12.1 Å². The van der Waals surface area contributed by atoms with E-state index < -0.39 is 12.0 Å². The predicted molar refractivity (Wildman–Crippen MR) is 92.2 cm³/mol. The van der Waals surface area contributed by atoms with Crippen molar-refractivity contribution in [1.82, 2.24) is 4.90 Å². The molecule has 1 aliphatic rings. The number of carbonyl (C=O) groups is 1. The molecule has 0 bridgehead atoms. The third kappa shape index (κ3) is 4.01. The van der Waals surface area contributed by atoms with Crippen LogP contribution in [0.4, 0.5) is 4.39 Å². The summed E-state index contributed by atoms with van der Waals surface area (Å²) in [5, 5.41) is 12.3. The molecule has 1 amide bonds. The van der Waals surface area contributed by atoms with Crippen molar-refractivity contribution in [3.8, 4) is 0 Å². The normalized spacial score (nSPS) is 17.8. The van der Waals surface area contributed by atoms with Crippen molar-refractivity contribution in [2.75, 3.05) is 13.1 Å². The lowest BCUT2D eigenvalue weighted by Gasteiger charge is -2.34. The van der Waals surface area contributed by atoms with Gasteiger partial charge < -0.3 is 10.8 Å². The molecule has 3 N–H and O–H groups in total. The number of thiophene rings is 1. The summed E-state index contributed by atoms with van der Waals surface area (Å²) in [4.78, 5) is 14.6. The third-order valence-corrected chi connectivity index (χ3v) is 5.53. The third-order valence-electron chi connectivity index (χ3n) is 4.61. The van der Waals surface area contributed by atoms with E-state index in [-0.39, 0.29) is 11.7 Å². The molecule has 1 aromatic carbocycles. The lowest BCUT2D eigenvalue weighted by atomic mass is 9.87. The highest BCUT2D eigenvalue weighted by atomic mass is 32.1. The van der Waals surface area contributed by atoms with Gasteiger partial charge in [-0.25, -0.2) is 4.39 Å². The van der Waals surface area contributed by atoms with Crippen molar-refractivity contribution >= 4 is 17.2 Å². The lowest BCUT2D eigenvalue weighted by Crippen LogP contribution is -2.35. The number of nitrogens with two attached hydrogens (primary N) is 1. The molecule has 1 atom stereocenters. The van der Waals surface area contributed by atoms with Crippen molar-refractivity contribution in [2.45, 2.75) is 25.5 Å². The van der Waals surface area contributed by atoms with Crippen molar-refractivity contribution in [1.29, 1.82) is 0 Å². The van der Waals surface area contributed by atoms with Crippen LogP contribution < -0.4 is 5.73 Å². The number of halogens is 1. The van der Waals surface area contributed by atoms with E-state index in [9.17, 15) is 14.3 Å². The number of aliphatic hydroxyl groups is 1. The minimum absolute atomic E-state index is 0.191. The molecule has 6 heteroatoms. The highest BCUT2D eigenvalue weighted by Crippen LogP contribution is 2.31. The highest BCUT2D eigenvalue weighted by molar-refractivity contribution is 7.10. The van der Waals surface area contributed by atoms with E-state index in [0.29, 0.717) is 5.56 Å². The Labute approximate surface area is 144 Å². The maximum atomic E-state index is 13.0. The number of benzene rings is 1. The van der Waals surface area contributed by atoms with Gasteiger partial charge in [-0.2, -0.15) is 0 Å². The summed E-state index contributed by atoms with van der Waals surface area (Å²) in [6, 6.07) is 7.95. The molecule has 0 saturated carbocycles. The number of amides is 1. The molecule has 2 aromatic rings. The van der Waals surface area contributed by atoms with Crippen molar-refractivity contribution in [3.63, 3.8) is 0 Å². The number of likely N-dealkylation sites (tertiary alicyclic amines) is 1. The van der Waals surface area contributed by atoms with Crippen molar-refractivity contribution in [3.05, 3.63) is 57.5 Å². The first kappa shape index (κ1) is 17.1. The second-order valence-corrected chi connectivity index (χ2v) is 7.27. The SMILES string of the molecule is NC(=O)c1csc(CN2CCC(C(O)c3ccc(F)cc3)CC2)c1. The van der Waals surface area contributed by atoms with Crippen LogP contribution in [0.15, 0.2) is 35.7 Å². The Morgan fingerprint density at radius 2 is 2.00 bits per heavy atom. The Kier molecular flexibility index (Phi) is 5.28. The number of piperidine rings is 1. The number of nitrogens with zero attached hydrogens (tertiary/aromatic N) is 1. The van der Waals surface area contributed by atoms with Crippen LogP contribution in [0, 0.1) is 11.7 Å². The Balaban J connectivity index is 1.53.